The Morgan fingerprint density at radius 2 is 1.92 bits per heavy atom. The van der Waals surface area contributed by atoms with Crippen molar-refractivity contribution in [1.29, 1.82) is 0 Å². The summed E-state index contributed by atoms with van der Waals surface area (Å²) in [6, 6.07) is 0. The SMILES string of the molecule is CCCN(CC(F)(F)F)C(=O)C1CCCN(CC2CCNCC2)C1.Cl. The molecular weight excluding hydrogens is 355 g/mol. The van der Waals surface area contributed by atoms with E-state index in [2.05, 4.69) is 10.2 Å². The zero-order valence-electron chi connectivity index (χ0n) is 15.0. The molecule has 2 aliphatic heterocycles. The van der Waals surface area contributed by atoms with E-state index in [1.54, 1.807) is 6.92 Å². The molecule has 1 unspecified atom stereocenters. The maximum Gasteiger partial charge on any atom is 0.406 e. The topological polar surface area (TPSA) is 35.6 Å². The number of rotatable bonds is 6. The molecule has 1 atom stereocenters. The Bertz CT molecular complexity index is 403. The Labute approximate surface area is 154 Å². The summed E-state index contributed by atoms with van der Waals surface area (Å²) in [6.07, 6.45) is 0.116. The van der Waals surface area contributed by atoms with Crippen LogP contribution in [0.5, 0.6) is 0 Å². The van der Waals surface area contributed by atoms with Crippen LogP contribution in [0.1, 0.15) is 39.0 Å². The summed E-state index contributed by atoms with van der Waals surface area (Å²) < 4.78 is 38.2. The van der Waals surface area contributed by atoms with Gasteiger partial charge in [0, 0.05) is 19.6 Å². The molecule has 2 aliphatic rings. The molecule has 0 aromatic heterocycles. The number of nitrogens with zero attached hydrogens (tertiary/aromatic N) is 2. The molecule has 2 fully saturated rings. The van der Waals surface area contributed by atoms with Crippen molar-refractivity contribution in [3.63, 3.8) is 0 Å². The summed E-state index contributed by atoms with van der Waals surface area (Å²) in [7, 11) is 0. The lowest BCUT2D eigenvalue weighted by Crippen LogP contribution is -2.48. The first-order valence-electron chi connectivity index (χ1n) is 9.17. The van der Waals surface area contributed by atoms with Gasteiger partial charge < -0.3 is 15.1 Å². The lowest BCUT2D eigenvalue weighted by molar-refractivity contribution is -0.164. The Morgan fingerprint density at radius 1 is 1.24 bits per heavy atom. The maximum atomic E-state index is 12.7. The molecule has 4 nitrogen and oxygen atoms in total. The van der Waals surface area contributed by atoms with E-state index in [0.717, 1.165) is 50.3 Å². The number of amides is 1. The van der Waals surface area contributed by atoms with Crippen LogP contribution >= 0.6 is 12.4 Å². The third kappa shape index (κ3) is 7.71. The van der Waals surface area contributed by atoms with Crippen molar-refractivity contribution in [2.24, 2.45) is 11.8 Å². The lowest BCUT2D eigenvalue weighted by atomic mass is 9.93. The highest BCUT2D eigenvalue weighted by atomic mass is 35.5. The van der Waals surface area contributed by atoms with Gasteiger partial charge in [-0.2, -0.15) is 13.2 Å². The minimum Gasteiger partial charge on any atom is -0.333 e. The number of piperidine rings is 2. The van der Waals surface area contributed by atoms with Crippen LogP contribution < -0.4 is 5.32 Å². The van der Waals surface area contributed by atoms with E-state index in [4.69, 9.17) is 0 Å². The fraction of sp³-hybridized carbons (Fsp3) is 0.941. The van der Waals surface area contributed by atoms with Crippen LogP contribution in [0, 0.1) is 11.8 Å². The van der Waals surface area contributed by atoms with Gasteiger partial charge in [0.15, 0.2) is 0 Å². The fourth-order valence-electron chi connectivity index (χ4n) is 3.86. The van der Waals surface area contributed by atoms with Crippen molar-refractivity contribution >= 4 is 18.3 Å². The van der Waals surface area contributed by atoms with Gasteiger partial charge >= 0.3 is 6.18 Å². The molecule has 0 spiro atoms. The summed E-state index contributed by atoms with van der Waals surface area (Å²) in [5.74, 6) is 0.0422. The minimum atomic E-state index is -4.33. The maximum absolute atomic E-state index is 12.7. The molecule has 1 amide bonds. The van der Waals surface area contributed by atoms with Gasteiger partial charge in [0.25, 0.3) is 0 Å². The van der Waals surface area contributed by atoms with Crippen molar-refractivity contribution < 1.29 is 18.0 Å². The van der Waals surface area contributed by atoms with Crippen LogP contribution in [0.25, 0.3) is 0 Å². The lowest BCUT2D eigenvalue weighted by Gasteiger charge is -2.37. The van der Waals surface area contributed by atoms with Crippen molar-refractivity contribution in [2.75, 3.05) is 45.8 Å². The van der Waals surface area contributed by atoms with Gasteiger partial charge in [0.05, 0.1) is 5.92 Å². The third-order valence-electron chi connectivity index (χ3n) is 5.01. The van der Waals surface area contributed by atoms with Crippen molar-refractivity contribution in [3.8, 4) is 0 Å². The largest absolute Gasteiger partial charge is 0.406 e. The summed E-state index contributed by atoms with van der Waals surface area (Å²) in [5.41, 5.74) is 0. The first-order chi connectivity index (χ1) is 11.4. The highest BCUT2D eigenvalue weighted by Crippen LogP contribution is 2.24. The average molecular weight is 386 g/mol. The van der Waals surface area contributed by atoms with Crippen molar-refractivity contribution in [3.05, 3.63) is 0 Å². The normalized spacial score (nSPS) is 23.1. The van der Waals surface area contributed by atoms with Crippen LogP contribution in [-0.2, 0) is 4.79 Å². The average Bonchev–Trinajstić information content (AvgIpc) is 2.54. The summed E-state index contributed by atoms with van der Waals surface area (Å²) in [6.45, 7) is 5.49. The van der Waals surface area contributed by atoms with Crippen LogP contribution in [0.15, 0.2) is 0 Å². The number of alkyl halides is 3. The Hall–Kier alpha value is -0.530. The second-order valence-electron chi connectivity index (χ2n) is 7.17. The molecule has 148 valence electrons. The van der Waals surface area contributed by atoms with Gasteiger partial charge in [-0.3, -0.25) is 4.79 Å². The molecule has 0 aliphatic carbocycles. The van der Waals surface area contributed by atoms with E-state index in [9.17, 15) is 18.0 Å². The predicted octanol–water partition coefficient (Wildman–Crippen LogP) is 2.92. The van der Waals surface area contributed by atoms with Gasteiger partial charge in [0.1, 0.15) is 6.54 Å². The van der Waals surface area contributed by atoms with Gasteiger partial charge in [-0.1, -0.05) is 6.92 Å². The smallest absolute Gasteiger partial charge is 0.333 e. The second kappa shape index (κ2) is 10.6. The first-order valence-corrected chi connectivity index (χ1v) is 9.17. The van der Waals surface area contributed by atoms with Crippen molar-refractivity contribution in [1.82, 2.24) is 15.1 Å². The van der Waals surface area contributed by atoms with E-state index in [1.165, 1.54) is 0 Å². The Morgan fingerprint density at radius 3 is 2.52 bits per heavy atom. The number of hydrogen-bond donors (Lipinski definition) is 1. The number of carbonyl (C=O) groups excluding carboxylic acids is 1. The van der Waals surface area contributed by atoms with E-state index in [0.29, 0.717) is 25.3 Å². The zero-order chi connectivity index (χ0) is 17.6. The Kier molecular flexibility index (Phi) is 9.52. The van der Waals surface area contributed by atoms with E-state index >= 15 is 0 Å². The second-order valence-corrected chi connectivity index (χ2v) is 7.17. The number of halogens is 4. The van der Waals surface area contributed by atoms with Crippen LogP contribution in [0.2, 0.25) is 0 Å². The molecule has 0 bridgehead atoms. The van der Waals surface area contributed by atoms with Gasteiger partial charge in [0.2, 0.25) is 5.91 Å². The molecule has 2 rings (SSSR count). The summed E-state index contributed by atoms with van der Waals surface area (Å²) >= 11 is 0. The standard InChI is InChI=1S/C17H30F3N3O.ClH/c1-2-9-23(13-17(18,19)20)16(24)15-4-3-10-22(12-15)11-14-5-7-21-8-6-14;/h14-15,21H,2-13H2,1H3;1H. The molecule has 0 saturated carbocycles. The molecule has 25 heavy (non-hydrogen) atoms. The van der Waals surface area contributed by atoms with Gasteiger partial charge in [-0.25, -0.2) is 0 Å². The van der Waals surface area contributed by atoms with Crippen LogP contribution in [0.3, 0.4) is 0 Å². The highest BCUT2D eigenvalue weighted by molar-refractivity contribution is 5.85. The number of nitrogens with one attached hydrogen (secondary N) is 1. The van der Waals surface area contributed by atoms with Gasteiger partial charge in [-0.15, -0.1) is 12.4 Å². The molecule has 2 heterocycles. The predicted molar refractivity (Wildman–Crippen MR) is 94.9 cm³/mol. The molecular formula is C17H31ClF3N3O. The van der Waals surface area contributed by atoms with E-state index in [1.807, 2.05) is 0 Å². The molecule has 1 N–H and O–H groups in total. The third-order valence-corrected chi connectivity index (χ3v) is 5.01. The Balaban J connectivity index is 0.00000312. The molecule has 0 radical (unpaired) electrons. The van der Waals surface area contributed by atoms with Crippen LogP contribution in [0.4, 0.5) is 13.2 Å². The number of hydrogen-bond acceptors (Lipinski definition) is 3. The van der Waals surface area contributed by atoms with Crippen LogP contribution in [-0.4, -0.2) is 67.7 Å². The quantitative estimate of drug-likeness (QED) is 0.763. The molecule has 0 aromatic rings. The molecule has 8 heteroatoms. The monoisotopic (exact) mass is 385 g/mol. The first kappa shape index (κ1) is 22.5. The van der Waals surface area contributed by atoms with E-state index < -0.39 is 12.7 Å². The summed E-state index contributed by atoms with van der Waals surface area (Å²) in [4.78, 5) is 15.9. The number of carbonyl (C=O) groups is 1. The minimum absolute atomic E-state index is 0. The van der Waals surface area contributed by atoms with E-state index in [-0.39, 0.29) is 30.8 Å². The fourth-order valence-corrected chi connectivity index (χ4v) is 3.86. The zero-order valence-corrected chi connectivity index (χ0v) is 15.8. The van der Waals surface area contributed by atoms with Gasteiger partial charge in [-0.05, 0) is 57.7 Å². The number of likely N-dealkylation sites (tertiary alicyclic amines) is 1. The molecule has 0 aromatic carbocycles. The summed E-state index contributed by atoms with van der Waals surface area (Å²) in [5, 5.41) is 3.34. The van der Waals surface area contributed by atoms with Crippen molar-refractivity contribution in [2.45, 2.75) is 45.2 Å². The highest BCUT2D eigenvalue weighted by Gasteiger charge is 2.36. The molecule has 2 saturated heterocycles.